The summed E-state index contributed by atoms with van der Waals surface area (Å²) in [5.41, 5.74) is 4.68. The van der Waals surface area contributed by atoms with Crippen LogP contribution in [0.4, 0.5) is 0 Å². The topological polar surface area (TPSA) is 65.4 Å². The van der Waals surface area contributed by atoms with Crippen LogP contribution in [-0.4, -0.2) is 22.6 Å². The van der Waals surface area contributed by atoms with Crippen molar-refractivity contribution in [1.29, 1.82) is 0 Å². The molecule has 0 saturated heterocycles. The van der Waals surface area contributed by atoms with E-state index >= 15 is 0 Å². The van der Waals surface area contributed by atoms with Gasteiger partial charge in [-0.05, 0) is 35.2 Å². The van der Waals surface area contributed by atoms with Gasteiger partial charge in [0.1, 0.15) is 11.9 Å². The Balaban J connectivity index is 1.40. The molecule has 2 aromatic carbocycles. The van der Waals surface area contributed by atoms with Gasteiger partial charge < -0.3 is 19.4 Å². The first-order chi connectivity index (χ1) is 14.2. The van der Waals surface area contributed by atoms with E-state index in [1.807, 2.05) is 41.0 Å². The Bertz CT molecular complexity index is 978. The first-order valence-corrected chi connectivity index (χ1v) is 9.83. The molecule has 3 aromatic rings. The third kappa shape index (κ3) is 4.17. The Morgan fingerprint density at radius 1 is 1.17 bits per heavy atom. The Morgan fingerprint density at radius 3 is 2.59 bits per heavy atom. The van der Waals surface area contributed by atoms with Crippen molar-refractivity contribution < 1.29 is 14.3 Å². The predicted molar refractivity (Wildman–Crippen MR) is 110 cm³/mol. The number of methoxy groups -OCH3 is 1. The van der Waals surface area contributed by atoms with Gasteiger partial charge in [-0.25, -0.2) is 4.98 Å². The summed E-state index contributed by atoms with van der Waals surface area (Å²) in [4.78, 5) is 17.0. The molecule has 6 nitrogen and oxygen atoms in total. The van der Waals surface area contributed by atoms with Gasteiger partial charge in [-0.3, -0.25) is 4.79 Å². The SMILES string of the molecule is CCc1ccc(CNC(=O)c2ncn3c2COC(c2ccc(OC)cc2)C3)cc1. The van der Waals surface area contributed by atoms with E-state index in [2.05, 4.69) is 29.4 Å². The van der Waals surface area contributed by atoms with Gasteiger partial charge in [-0.2, -0.15) is 0 Å². The lowest BCUT2D eigenvalue weighted by Crippen LogP contribution is -2.27. The van der Waals surface area contributed by atoms with Crippen LogP contribution in [-0.2, 0) is 30.9 Å². The molecule has 0 spiro atoms. The number of aromatic nitrogens is 2. The smallest absolute Gasteiger partial charge is 0.272 e. The Kier molecular flexibility index (Phi) is 5.62. The zero-order chi connectivity index (χ0) is 20.2. The second kappa shape index (κ2) is 8.49. The van der Waals surface area contributed by atoms with Crippen LogP contribution in [0.3, 0.4) is 0 Å². The third-order valence-corrected chi connectivity index (χ3v) is 5.32. The molecule has 2 heterocycles. The minimum absolute atomic E-state index is 0.0735. The lowest BCUT2D eigenvalue weighted by molar-refractivity contribution is 0.00255. The maximum Gasteiger partial charge on any atom is 0.272 e. The Morgan fingerprint density at radius 2 is 1.90 bits per heavy atom. The van der Waals surface area contributed by atoms with Crippen molar-refractivity contribution in [2.24, 2.45) is 0 Å². The maximum atomic E-state index is 12.6. The van der Waals surface area contributed by atoms with Gasteiger partial charge in [0.15, 0.2) is 5.69 Å². The quantitative estimate of drug-likeness (QED) is 0.697. The number of nitrogens with zero attached hydrogens (tertiary/aromatic N) is 2. The van der Waals surface area contributed by atoms with Crippen molar-refractivity contribution >= 4 is 5.91 Å². The molecule has 1 aliphatic rings. The predicted octanol–water partition coefficient (Wildman–Crippen LogP) is 3.66. The monoisotopic (exact) mass is 391 g/mol. The maximum absolute atomic E-state index is 12.6. The highest BCUT2D eigenvalue weighted by atomic mass is 16.5. The second-order valence-electron chi connectivity index (χ2n) is 7.12. The highest BCUT2D eigenvalue weighted by molar-refractivity contribution is 5.93. The van der Waals surface area contributed by atoms with E-state index in [9.17, 15) is 4.79 Å². The Hall–Kier alpha value is -3.12. The minimum atomic E-state index is -0.176. The molecule has 0 radical (unpaired) electrons. The highest BCUT2D eigenvalue weighted by Crippen LogP contribution is 2.28. The molecule has 0 fully saturated rings. The van der Waals surface area contributed by atoms with Crippen LogP contribution in [0.25, 0.3) is 0 Å². The van der Waals surface area contributed by atoms with E-state index in [-0.39, 0.29) is 12.0 Å². The van der Waals surface area contributed by atoms with Crippen molar-refractivity contribution in [2.75, 3.05) is 7.11 Å². The molecule has 150 valence electrons. The molecule has 0 aliphatic carbocycles. The highest BCUT2D eigenvalue weighted by Gasteiger charge is 2.26. The van der Waals surface area contributed by atoms with Crippen molar-refractivity contribution in [2.45, 2.75) is 39.1 Å². The molecule has 1 aliphatic heterocycles. The average molecular weight is 391 g/mol. The number of fused-ring (bicyclic) bond motifs is 1. The van der Waals surface area contributed by atoms with Crippen LogP contribution in [0, 0.1) is 0 Å². The first kappa shape index (κ1) is 19.2. The molecule has 1 atom stereocenters. The summed E-state index contributed by atoms with van der Waals surface area (Å²) in [5.74, 6) is 0.640. The zero-order valence-corrected chi connectivity index (χ0v) is 16.7. The normalized spacial score (nSPS) is 15.6. The van der Waals surface area contributed by atoms with Crippen LogP contribution in [0.15, 0.2) is 54.9 Å². The van der Waals surface area contributed by atoms with Gasteiger partial charge in [0.05, 0.1) is 32.3 Å². The molecule has 0 bridgehead atoms. The molecule has 1 aromatic heterocycles. The van der Waals surface area contributed by atoms with E-state index in [4.69, 9.17) is 9.47 Å². The summed E-state index contributed by atoms with van der Waals surface area (Å²) in [6.45, 7) is 3.58. The van der Waals surface area contributed by atoms with E-state index in [0.717, 1.165) is 29.0 Å². The molecule has 1 N–H and O–H groups in total. The van der Waals surface area contributed by atoms with Crippen LogP contribution in [0.1, 0.15) is 45.9 Å². The molecule has 0 saturated carbocycles. The zero-order valence-electron chi connectivity index (χ0n) is 16.7. The number of carbonyl (C=O) groups excluding carboxylic acids is 1. The molecule has 6 heteroatoms. The minimum Gasteiger partial charge on any atom is -0.497 e. The number of aryl methyl sites for hydroxylation is 1. The van der Waals surface area contributed by atoms with Crippen molar-refractivity contribution in [3.63, 3.8) is 0 Å². The van der Waals surface area contributed by atoms with E-state index < -0.39 is 0 Å². The first-order valence-electron chi connectivity index (χ1n) is 9.83. The van der Waals surface area contributed by atoms with Gasteiger partial charge in [0.2, 0.25) is 0 Å². The lowest BCUT2D eigenvalue weighted by atomic mass is 10.1. The fourth-order valence-corrected chi connectivity index (χ4v) is 3.50. The lowest BCUT2D eigenvalue weighted by Gasteiger charge is -2.25. The molecular formula is C23H25N3O3. The average Bonchev–Trinajstić information content (AvgIpc) is 3.21. The number of amides is 1. The molecule has 1 amide bonds. The van der Waals surface area contributed by atoms with Crippen LogP contribution >= 0.6 is 0 Å². The van der Waals surface area contributed by atoms with Gasteiger partial charge in [0.25, 0.3) is 5.91 Å². The molecule has 29 heavy (non-hydrogen) atoms. The number of ether oxygens (including phenoxy) is 2. The summed E-state index contributed by atoms with van der Waals surface area (Å²) < 4.78 is 13.2. The number of nitrogens with one attached hydrogen (secondary N) is 1. The number of benzene rings is 2. The van der Waals surface area contributed by atoms with Crippen LogP contribution in [0.2, 0.25) is 0 Å². The van der Waals surface area contributed by atoms with Crippen LogP contribution in [0.5, 0.6) is 5.75 Å². The van der Waals surface area contributed by atoms with E-state index in [1.54, 1.807) is 13.4 Å². The standard InChI is InChI=1S/C23H25N3O3/c1-3-16-4-6-17(7-5-16)12-24-23(27)22-20-14-29-21(13-26(20)15-25-22)18-8-10-19(28-2)11-9-18/h4-11,15,21H,3,12-14H2,1-2H3,(H,24,27). The van der Waals surface area contributed by atoms with E-state index in [1.165, 1.54) is 5.56 Å². The summed E-state index contributed by atoms with van der Waals surface area (Å²) in [5, 5.41) is 2.96. The fraction of sp³-hybridized carbons (Fsp3) is 0.304. The van der Waals surface area contributed by atoms with Crippen molar-refractivity contribution in [3.05, 3.63) is 82.9 Å². The van der Waals surface area contributed by atoms with Gasteiger partial charge in [-0.15, -0.1) is 0 Å². The van der Waals surface area contributed by atoms with E-state index in [0.29, 0.717) is 25.4 Å². The van der Waals surface area contributed by atoms with Crippen molar-refractivity contribution in [1.82, 2.24) is 14.9 Å². The number of hydrogen-bond donors (Lipinski definition) is 1. The van der Waals surface area contributed by atoms with Gasteiger partial charge in [-0.1, -0.05) is 43.3 Å². The number of rotatable bonds is 6. The summed E-state index contributed by atoms with van der Waals surface area (Å²) in [6.07, 6.45) is 2.65. The molecule has 1 unspecified atom stereocenters. The van der Waals surface area contributed by atoms with Crippen molar-refractivity contribution in [3.8, 4) is 5.75 Å². The Labute approximate surface area is 170 Å². The molecular weight excluding hydrogens is 366 g/mol. The molecule has 4 rings (SSSR count). The number of imidazole rings is 1. The summed E-state index contributed by atoms with van der Waals surface area (Å²) >= 11 is 0. The van der Waals surface area contributed by atoms with Gasteiger partial charge >= 0.3 is 0 Å². The number of hydrogen-bond acceptors (Lipinski definition) is 4. The number of carbonyl (C=O) groups is 1. The second-order valence-corrected chi connectivity index (χ2v) is 7.12. The fourth-order valence-electron chi connectivity index (χ4n) is 3.50. The van der Waals surface area contributed by atoms with Crippen LogP contribution < -0.4 is 10.1 Å². The largest absolute Gasteiger partial charge is 0.497 e. The summed E-state index contributed by atoms with van der Waals surface area (Å²) in [7, 11) is 1.65. The summed E-state index contributed by atoms with van der Waals surface area (Å²) in [6, 6.07) is 16.1. The van der Waals surface area contributed by atoms with Gasteiger partial charge in [0, 0.05) is 6.54 Å². The third-order valence-electron chi connectivity index (χ3n) is 5.32.